The SMILES string of the molecule is CS(=O)(=O)NCCCNC(=O)CC1(CN)CCCCC1.Cl. The summed E-state index contributed by atoms with van der Waals surface area (Å²) in [5.74, 6) is 0.0247. The first-order valence-electron chi connectivity index (χ1n) is 7.28. The van der Waals surface area contributed by atoms with Gasteiger partial charge in [0.05, 0.1) is 6.26 Å². The van der Waals surface area contributed by atoms with Crippen molar-refractivity contribution in [1.82, 2.24) is 10.0 Å². The van der Waals surface area contributed by atoms with Gasteiger partial charge in [-0.3, -0.25) is 4.79 Å². The molecule has 0 heterocycles. The zero-order valence-electron chi connectivity index (χ0n) is 12.7. The van der Waals surface area contributed by atoms with E-state index in [0.717, 1.165) is 31.9 Å². The molecule has 0 atom stereocenters. The summed E-state index contributed by atoms with van der Waals surface area (Å²) < 4.78 is 24.1. The van der Waals surface area contributed by atoms with Crippen LogP contribution in [0, 0.1) is 5.41 Å². The van der Waals surface area contributed by atoms with Gasteiger partial charge in [0.2, 0.25) is 15.9 Å². The Balaban J connectivity index is 0.00000400. The number of amides is 1. The lowest BCUT2D eigenvalue weighted by atomic mass is 9.71. The third-order valence-electron chi connectivity index (χ3n) is 3.92. The second-order valence-electron chi connectivity index (χ2n) is 5.81. The highest BCUT2D eigenvalue weighted by Crippen LogP contribution is 2.38. The smallest absolute Gasteiger partial charge is 0.220 e. The molecule has 0 aromatic rings. The van der Waals surface area contributed by atoms with Crippen LogP contribution in [0.1, 0.15) is 44.9 Å². The van der Waals surface area contributed by atoms with Gasteiger partial charge in [0.1, 0.15) is 0 Å². The van der Waals surface area contributed by atoms with Crippen LogP contribution in [0.25, 0.3) is 0 Å². The largest absolute Gasteiger partial charge is 0.356 e. The first-order valence-corrected chi connectivity index (χ1v) is 9.17. The predicted octanol–water partition coefficient (Wildman–Crippen LogP) is 0.763. The maximum absolute atomic E-state index is 11.9. The van der Waals surface area contributed by atoms with Crippen LogP contribution in [0.2, 0.25) is 0 Å². The minimum atomic E-state index is -3.14. The van der Waals surface area contributed by atoms with Crippen LogP contribution in [0.3, 0.4) is 0 Å². The van der Waals surface area contributed by atoms with Crippen molar-refractivity contribution in [1.29, 1.82) is 0 Å². The zero-order chi connectivity index (χ0) is 15.1. The molecule has 0 saturated heterocycles. The van der Waals surface area contributed by atoms with E-state index < -0.39 is 10.0 Å². The molecule has 1 rings (SSSR count). The Morgan fingerprint density at radius 3 is 2.33 bits per heavy atom. The number of hydrogen-bond acceptors (Lipinski definition) is 4. The lowest BCUT2D eigenvalue weighted by Crippen LogP contribution is -2.39. The minimum absolute atomic E-state index is 0. The quantitative estimate of drug-likeness (QED) is 0.567. The number of halogens is 1. The Bertz CT molecular complexity index is 409. The van der Waals surface area contributed by atoms with E-state index in [1.54, 1.807) is 0 Å². The molecule has 8 heteroatoms. The van der Waals surface area contributed by atoms with E-state index in [9.17, 15) is 13.2 Å². The van der Waals surface area contributed by atoms with Crippen molar-refractivity contribution >= 4 is 28.3 Å². The van der Waals surface area contributed by atoms with Crippen molar-refractivity contribution in [2.24, 2.45) is 11.1 Å². The lowest BCUT2D eigenvalue weighted by Gasteiger charge is -2.35. The molecule has 0 aliphatic heterocycles. The standard InChI is InChI=1S/C13H27N3O3S.ClH/c1-20(18,19)16-9-5-8-15-12(17)10-13(11-14)6-3-2-4-7-13;/h16H,2-11,14H2,1H3,(H,15,17);1H. The first kappa shape index (κ1) is 20.6. The van der Waals surface area contributed by atoms with Gasteiger partial charge in [-0.25, -0.2) is 13.1 Å². The van der Waals surface area contributed by atoms with Crippen LogP contribution in [0.4, 0.5) is 0 Å². The fourth-order valence-electron chi connectivity index (χ4n) is 2.73. The summed E-state index contributed by atoms with van der Waals surface area (Å²) in [6.07, 6.45) is 7.82. The van der Waals surface area contributed by atoms with E-state index in [1.165, 1.54) is 6.42 Å². The molecule has 1 amide bonds. The van der Waals surface area contributed by atoms with E-state index >= 15 is 0 Å². The van der Waals surface area contributed by atoms with Crippen molar-refractivity contribution in [3.05, 3.63) is 0 Å². The molecule has 0 aromatic carbocycles. The molecule has 126 valence electrons. The average molecular weight is 342 g/mol. The Morgan fingerprint density at radius 1 is 1.19 bits per heavy atom. The summed E-state index contributed by atoms with van der Waals surface area (Å²) in [5.41, 5.74) is 5.83. The van der Waals surface area contributed by atoms with Crippen molar-refractivity contribution in [3.8, 4) is 0 Å². The van der Waals surface area contributed by atoms with Gasteiger partial charge < -0.3 is 11.1 Å². The molecule has 0 unspecified atom stereocenters. The van der Waals surface area contributed by atoms with Crippen LogP contribution in [0.5, 0.6) is 0 Å². The predicted molar refractivity (Wildman–Crippen MR) is 86.9 cm³/mol. The minimum Gasteiger partial charge on any atom is -0.356 e. The number of hydrogen-bond donors (Lipinski definition) is 3. The van der Waals surface area contributed by atoms with Crippen molar-refractivity contribution in [2.45, 2.75) is 44.9 Å². The second-order valence-corrected chi connectivity index (χ2v) is 7.64. The van der Waals surface area contributed by atoms with Crippen molar-refractivity contribution in [3.63, 3.8) is 0 Å². The molecule has 6 nitrogen and oxygen atoms in total. The maximum Gasteiger partial charge on any atom is 0.220 e. The molecule has 0 spiro atoms. The van der Waals surface area contributed by atoms with Gasteiger partial charge in [0.25, 0.3) is 0 Å². The summed E-state index contributed by atoms with van der Waals surface area (Å²) in [7, 11) is -3.14. The first-order chi connectivity index (χ1) is 9.37. The highest BCUT2D eigenvalue weighted by molar-refractivity contribution is 7.88. The van der Waals surface area contributed by atoms with Crippen molar-refractivity contribution < 1.29 is 13.2 Å². The average Bonchev–Trinajstić information content (AvgIpc) is 2.38. The molecule has 0 aromatic heterocycles. The van der Waals surface area contributed by atoms with Gasteiger partial charge in [-0.2, -0.15) is 0 Å². The Morgan fingerprint density at radius 2 is 1.81 bits per heavy atom. The van der Waals surface area contributed by atoms with E-state index in [-0.39, 0.29) is 23.7 Å². The Hall–Kier alpha value is -0.370. The molecule has 0 bridgehead atoms. The van der Waals surface area contributed by atoms with Crippen LogP contribution >= 0.6 is 12.4 Å². The van der Waals surface area contributed by atoms with Crippen LogP contribution < -0.4 is 15.8 Å². The number of sulfonamides is 1. The number of rotatable bonds is 8. The van der Waals surface area contributed by atoms with Gasteiger partial charge >= 0.3 is 0 Å². The fourth-order valence-corrected chi connectivity index (χ4v) is 3.25. The maximum atomic E-state index is 11.9. The molecule has 0 radical (unpaired) electrons. The van der Waals surface area contributed by atoms with Gasteiger partial charge in [-0.05, 0) is 31.2 Å². The van der Waals surface area contributed by atoms with Crippen LogP contribution in [-0.2, 0) is 14.8 Å². The van der Waals surface area contributed by atoms with Gasteiger partial charge in [0.15, 0.2) is 0 Å². The van der Waals surface area contributed by atoms with E-state index in [1.807, 2.05) is 0 Å². The molecule has 1 fully saturated rings. The summed E-state index contributed by atoms with van der Waals surface area (Å²) >= 11 is 0. The molecule has 1 aliphatic rings. The summed E-state index contributed by atoms with van der Waals surface area (Å²) in [4.78, 5) is 11.9. The topological polar surface area (TPSA) is 101 Å². The van der Waals surface area contributed by atoms with Gasteiger partial charge in [0, 0.05) is 19.5 Å². The molecule has 1 aliphatic carbocycles. The number of nitrogens with one attached hydrogen (secondary N) is 2. The Labute approximate surface area is 134 Å². The molecular weight excluding hydrogens is 314 g/mol. The highest BCUT2D eigenvalue weighted by atomic mass is 35.5. The van der Waals surface area contributed by atoms with Gasteiger partial charge in [-0.15, -0.1) is 12.4 Å². The summed E-state index contributed by atoms with van der Waals surface area (Å²) in [5, 5.41) is 2.85. The van der Waals surface area contributed by atoms with Gasteiger partial charge in [-0.1, -0.05) is 19.3 Å². The van der Waals surface area contributed by atoms with Crippen LogP contribution in [0.15, 0.2) is 0 Å². The third-order valence-corrected chi connectivity index (χ3v) is 4.65. The monoisotopic (exact) mass is 341 g/mol. The van der Waals surface area contributed by atoms with E-state index in [4.69, 9.17) is 5.73 Å². The zero-order valence-corrected chi connectivity index (χ0v) is 14.3. The number of nitrogens with two attached hydrogens (primary N) is 1. The van der Waals surface area contributed by atoms with Crippen molar-refractivity contribution in [2.75, 3.05) is 25.9 Å². The lowest BCUT2D eigenvalue weighted by molar-refractivity contribution is -0.123. The normalized spacial score (nSPS) is 17.8. The number of carbonyl (C=O) groups excluding carboxylic acids is 1. The number of carbonyl (C=O) groups is 1. The molecule has 1 saturated carbocycles. The molecular formula is C13H28ClN3O3S. The molecule has 21 heavy (non-hydrogen) atoms. The third kappa shape index (κ3) is 8.60. The van der Waals surface area contributed by atoms with Crippen LogP contribution in [-0.4, -0.2) is 40.2 Å². The molecule has 4 N–H and O–H groups in total. The fraction of sp³-hybridized carbons (Fsp3) is 0.923. The van der Waals surface area contributed by atoms with E-state index in [0.29, 0.717) is 32.5 Å². The second kappa shape index (κ2) is 9.61. The van der Waals surface area contributed by atoms with E-state index in [2.05, 4.69) is 10.0 Å². The summed E-state index contributed by atoms with van der Waals surface area (Å²) in [6.45, 7) is 1.40. The summed E-state index contributed by atoms with van der Waals surface area (Å²) in [6, 6.07) is 0. The Kier molecular flexibility index (Phi) is 9.44. The highest BCUT2D eigenvalue weighted by Gasteiger charge is 2.32.